The lowest BCUT2D eigenvalue weighted by Gasteiger charge is -2.07. The van der Waals surface area contributed by atoms with Gasteiger partial charge in [0.05, 0.1) is 5.56 Å². The van der Waals surface area contributed by atoms with E-state index in [9.17, 15) is 18.7 Å². The Morgan fingerprint density at radius 3 is 2.53 bits per heavy atom. The molecule has 0 aromatic heterocycles. The molecule has 2 rings (SSSR count). The number of hydrogen-bond donors (Lipinski definition) is 2. The summed E-state index contributed by atoms with van der Waals surface area (Å²) < 4.78 is 26.1. The van der Waals surface area contributed by atoms with Crippen molar-refractivity contribution in [1.29, 1.82) is 0 Å². The average Bonchev–Trinajstić information content (AvgIpc) is 2.30. The van der Waals surface area contributed by atoms with Gasteiger partial charge in [-0.2, -0.15) is 0 Å². The van der Waals surface area contributed by atoms with E-state index in [0.29, 0.717) is 0 Å². The van der Waals surface area contributed by atoms with E-state index in [1.807, 2.05) is 0 Å². The van der Waals surface area contributed by atoms with E-state index in [1.165, 1.54) is 6.07 Å². The highest BCUT2D eigenvalue weighted by Crippen LogP contribution is 2.22. The van der Waals surface area contributed by atoms with Gasteiger partial charge in [-0.15, -0.1) is 0 Å². The largest absolute Gasteiger partial charge is 0.507 e. The quantitative estimate of drug-likeness (QED) is 0.885. The summed E-state index contributed by atoms with van der Waals surface area (Å²) >= 11 is 5.64. The van der Waals surface area contributed by atoms with Crippen LogP contribution in [0.3, 0.4) is 0 Å². The van der Waals surface area contributed by atoms with Crippen LogP contribution in [0.25, 0.3) is 0 Å². The number of phenols is 1. The van der Waals surface area contributed by atoms with Gasteiger partial charge in [0.15, 0.2) is 0 Å². The molecule has 0 spiro atoms. The summed E-state index contributed by atoms with van der Waals surface area (Å²) in [7, 11) is 0. The van der Waals surface area contributed by atoms with E-state index in [0.717, 1.165) is 30.3 Å². The Hall–Kier alpha value is -2.14. The van der Waals surface area contributed by atoms with Crippen molar-refractivity contribution in [1.82, 2.24) is 0 Å². The van der Waals surface area contributed by atoms with Crippen LogP contribution in [0.5, 0.6) is 5.75 Å². The molecule has 0 heterocycles. The number of carbonyl (C=O) groups is 1. The molecule has 2 aromatic carbocycles. The molecule has 98 valence electrons. The van der Waals surface area contributed by atoms with E-state index in [2.05, 4.69) is 5.32 Å². The third-order valence-electron chi connectivity index (χ3n) is 2.32. The minimum Gasteiger partial charge on any atom is -0.507 e. The van der Waals surface area contributed by atoms with Gasteiger partial charge in [0, 0.05) is 10.7 Å². The number of carbonyl (C=O) groups excluding carboxylic acids is 1. The van der Waals surface area contributed by atoms with Crippen LogP contribution in [0.15, 0.2) is 36.4 Å². The van der Waals surface area contributed by atoms with E-state index in [4.69, 9.17) is 11.6 Å². The van der Waals surface area contributed by atoms with Gasteiger partial charge in [0.1, 0.15) is 17.4 Å². The Morgan fingerprint density at radius 1 is 1.11 bits per heavy atom. The number of hydrogen-bond acceptors (Lipinski definition) is 2. The Kier molecular flexibility index (Phi) is 3.66. The van der Waals surface area contributed by atoms with Crippen molar-refractivity contribution in [2.24, 2.45) is 0 Å². The molecule has 0 saturated heterocycles. The van der Waals surface area contributed by atoms with Gasteiger partial charge in [0.25, 0.3) is 5.91 Å². The van der Waals surface area contributed by atoms with Gasteiger partial charge in [0.2, 0.25) is 0 Å². The Bertz CT molecular complexity index is 626. The van der Waals surface area contributed by atoms with E-state index in [-0.39, 0.29) is 22.0 Å². The summed E-state index contributed by atoms with van der Waals surface area (Å²) in [4.78, 5) is 11.8. The number of nitrogens with one attached hydrogen (secondary N) is 1. The monoisotopic (exact) mass is 283 g/mol. The second-order valence-electron chi connectivity index (χ2n) is 3.77. The molecule has 0 aliphatic heterocycles. The van der Waals surface area contributed by atoms with E-state index >= 15 is 0 Å². The fourth-order valence-corrected chi connectivity index (χ4v) is 1.74. The van der Waals surface area contributed by atoms with Crippen molar-refractivity contribution in [3.63, 3.8) is 0 Å². The molecule has 19 heavy (non-hydrogen) atoms. The molecule has 0 saturated carbocycles. The summed E-state index contributed by atoms with van der Waals surface area (Å²) in [6.45, 7) is 0. The first-order chi connectivity index (χ1) is 8.95. The Balaban J connectivity index is 2.28. The average molecular weight is 284 g/mol. The van der Waals surface area contributed by atoms with Gasteiger partial charge < -0.3 is 10.4 Å². The first-order valence-electron chi connectivity index (χ1n) is 5.21. The smallest absolute Gasteiger partial charge is 0.259 e. The topological polar surface area (TPSA) is 49.3 Å². The molecule has 2 N–H and O–H groups in total. The molecular formula is C13H8ClF2NO2. The number of amides is 1. The lowest BCUT2D eigenvalue weighted by atomic mass is 10.1. The first kappa shape index (κ1) is 13.3. The number of benzene rings is 2. The molecule has 2 aromatic rings. The van der Waals surface area contributed by atoms with Gasteiger partial charge in [-0.05, 0) is 36.4 Å². The fraction of sp³-hybridized carbons (Fsp3) is 0. The molecule has 0 atom stereocenters. The predicted octanol–water partition coefficient (Wildman–Crippen LogP) is 3.58. The molecule has 1 amide bonds. The van der Waals surface area contributed by atoms with Crippen molar-refractivity contribution in [3.05, 3.63) is 58.6 Å². The minimum absolute atomic E-state index is 0.110. The number of phenolic OH excluding ortho intramolecular Hbond substituents is 1. The van der Waals surface area contributed by atoms with Gasteiger partial charge in [-0.25, -0.2) is 8.78 Å². The van der Waals surface area contributed by atoms with Crippen LogP contribution >= 0.6 is 11.6 Å². The second-order valence-corrected chi connectivity index (χ2v) is 4.21. The van der Waals surface area contributed by atoms with Crippen LogP contribution in [0, 0.1) is 11.6 Å². The summed E-state index contributed by atoms with van der Waals surface area (Å²) in [6, 6.07) is 6.43. The SMILES string of the molecule is O=C(Nc1cc(F)cc(Cl)c1)c1cc(F)ccc1O. The fourth-order valence-electron chi connectivity index (χ4n) is 1.51. The maximum atomic E-state index is 13.1. The zero-order valence-electron chi connectivity index (χ0n) is 9.45. The highest BCUT2D eigenvalue weighted by molar-refractivity contribution is 6.31. The van der Waals surface area contributed by atoms with Crippen LogP contribution in [-0.4, -0.2) is 11.0 Å². The lowest BCUT2D eigenvalue weighted by Crippen LogP contribution is -2.12. The molecule has 0 aliphatic rings. The molecule has 0 aliphatic carbocycles. The number of rotatable bonds is 2. The lowest BCUT2D eigenvalue weighted by molar-refractivity contribution is 0.102. The highest BCUT2D eigenvalue weighted by Gasteiger charge is 2.13. The highest BCUT2D eigenvalue weighted by atomic mass is 35.5. The van der Waals surface area contributed by atoms with Gasteiger partial charge >= 0.3 is 0 Å². The normalized spacial score (nSPS) is 10.3. The summed E-state index contributed by atoms with van der Waals surface area (Å²) in [6.07, 6.45) is 0. The molecular weight excluding hydrogens is 276 g/mol. The standard InChI is InChI=1S/C13H8ClF2NO2/c14-7-3-9(16)5-10(4-7)17-13(19)11-6-8(15)1-2-12(11)18/h1-6,18H,(H,17,19). The third-order valence-corrected chi connectivity index (χ3v) is 2.54. The first-order valence-corrected chi connectivity index (χ1v) is 5.59. The van der Waals surface area contributed by atoms with Gasteiger partial charge in [-0.3, -0.25) is 4.79 Å². The van der Waals surface area contributed by atoms with E-state index in [1.54, 1.807) is 0 Å². The van der Waals surface area contributed by atoms with Crippen LogP contribution < -0.4 is 5.32 Å². The summed E-state index contributed by atoms with van der Waals surface area (Å²) in [5, 5.41) is 11.9. The Labute approximate surface area is 112 Å². The van der Waals surface area contributed by atoms with Gasteiger partial charge in [-0.1, -0.05) is 11.6 Å². The predicted molar refractivity (Wildman–Crippen MR) is 67.4 cm³/mol. The molecule has 0 radical (unpaired) electrons. The van der Waals surface area contributed by atoms with Crippen molar-refractivity contribution >= 4 is 23.2 Å². The second kappa shape index (κ2) is 5.24. The summed E-state index contributed by atoms with van der Waals surface area (Å²) in [5.74, 6) is -2.42. The zero-order chi connectivity index (χ0) is 14.0. The molecule has 0 bridgehead atoms. The maximum Gasteiger partial charge on any atom is 0.259 e. The van der Waals surface area contributed by atoms with Crippen LogP contribution in [-0.2, 0) is 0 Å². The molecule has 3 nitrogen and oxygen atoms in total. The molecule has 0 unspecified atom stereocenters. The minimum atomic E-state index is -0.765. The third kappa shape index (κ3) is 3.20. The summed E-state index contributed by atoms with van der Waals surface area (Å²) in [5.41, 5.74) is -0.140. The number of anilines is 1. The van der Waals surface area contributed by atoms with Crippen LogP contribution in [0.1, 0.15) is 10.4 Å². The number of halogens is 3. The van der Waals surface area contributed by atoms with Crippen molar-refractivity contribution < 1.29 is 18.7 Å². The maximum absolute atomic E-state index is 13.1. The molecule has 6 heteroatoms. The number of aromatic hydroxyl groups is 1. The van der Waals surface area contributed by atoms with E-state index < -0.39 is 17.5 Å². The molecule has 0 fully saturated rings. The van der Waals surface area contributed by atoms with Crippen LogP contribution in [0.4, 0.5) is 14.5 Å². The van der Waals surface area contributed by atoms with Crippen molar-refractivity contribution in [2.75, 3.05) is 5.32 Å². The zero-order valence-corrected chi connectivity index (χ0v) is 10.2. The van der Waals surface area contributed by atoms with Crippen molar-refractivity contribution in [3.8, 4) is 5.75 Å². The van der Waals surface area contributed by atoms with Crippen LogP contribution in [0.2, 0.25) is 5.02 Å². The Morgan fingerprint density at radius 2 is 1.84 bits per heavy atom. The van der Waals surface area contributed by atoms with Crippen molar-refractivity contribution in [2.45, 2.75) is 0 Å².